The third-order valence-corrected chi connectivity index (χ3v) is 10.2. The molecule has 248 valence electrons. The Morgan fingerprint density at radius 1 is 1.09 bits per heavy atom. The van der Waals surface area contributed by atoms with Crippen LogP contribution in [0.4, 0.5) is 13.2 Å². The van der Waals surface area contributed by atoms with Gasteiger partial charge >= 0.3 is 12.1 Å². The fraction of sp³-hybridized carbons (Fsp3) is 0.429. The topological polar surface area (TPSA) is 97.6 Å². The number of hydrogen-bond acceptors (Lipinski definition) is 6. The van der Waals surface area contributed by atoms with E-state index in [2.05, 4.69) is 36.1 Å². The highest BCUT2D eigenvalue weighted by atomic mass is 32.1. The average molecular weight is 667 g/mol. The number of alkyl halides is 3. The number of aromatic carboxylic acids is 1. The number of carbonyl (C=O) groups excluding carboxylic acids is 1. The van der Waals surface area contributed by atoms with Gasteiger partial charge in [-0.05, 0) is 86.3 Å². The number of benzene rings is 1. The number of likely N-dealkylation sites (tertiary alicyclic amines) is 1. The summed E-state index contributed by atoms with van der Waals surface area (Å²) in [4.78, 5) is 32.4. The van der Waals surface area contributed by atoms with E-state index in [9.17, 15) is 27.9 Å². The van der Waals surface area contributed by atoms with Crippen molar-refractivity contribution >= 4 is 23.2 Å². The second kappa shape index (κ2) is 12.8. The lowest BCUT2D eigenvalue weighted by molar-refractivity contribution is -0.143. The summed E-state index contributed by atoms with van der Waals surface area (Å²) in [6.07, 6.45) is -0.323. The second-order valence-electron chi connectivity index (χ2n) is 12.7. The molecule has 8 nitrogen and oxygen atoms in total. The number of nitrogens with zero attached hydrogens (tertiary/aromatic N) is 4. The zero-order valence-corrected chi connectivity index (χ0v) is 27.5. The van der Waals surface area contributed by atoms with Gasteiger partial charge in [0, 0.05) is 29.4 Å². The van der Waals surface area contributed by atoms with E-state index in [4.69, 9.17) is 4.74 Å². The fourth-order valence-electron chi connectivity index (χ4n) is 6.59. The number of amides is 1. The normalized spacial score (nSPS) is 15.8. The van der Waals surface area contributed by atoms with Crippen LogP contribution in [0.2, 0.25) is 0 Å². The molecule has 1 aliphatic heterocycles. The van der Waals surface area contributed by atoms with Gasteiger partial charge in [-0.3, -0.25) is 4.79 Å². The molecule has 4 heterocycles. The SMILES string of the molecule is Cc1cc(C2CCN(C(=O)C3CC3)CC2)ccc1OCc1c(-c2cccc(-n3ncc(C(=O)O)c3C(F)(F)F)n2)sc(C)c1C(C)C. The van der Waals surface area contributed by atoms with Crippen LogP contribution in [-0.4, -0.2) is 49.7 Å². The summed E-state index contributed by atoms with van der Waals surface area (Å²) in [5.74, 6) is -0.00227. The first-order valence-corrected chi connectivity index (χ1v) is 16.7. The number of ether oxygens (including phenoxy) is 1. The van der Waals surface area contributed by atoms with E-state index in [1.54, 1.807) is 12.1 Å². The zero-order valence-electron chi connectivity index (χ0n) is 26.7. The third kappa shape index (κ3) is 6.65. The summed E-state index contributed by atoms with van der Waals surface area (Å²) in [6, 6.07) is 10.9. The Labute approximate surface area is 275 Å². The minimum Gasteiger partial charge on any atom is -0.489 e. The largest absolute Gasteiger partial charge is 0.489 e. The number of hydrogen-bond donors (Lipinski definition) is 1. The van der Waals surface area contributed by atoms with Crippen molar-refractivity contribution < 1.29 is 32.6 Å². The van der Waals surface area contributed by atoms with Gasteiger partial charge in [0.25, 0.3) is 0 Å². The van der Waals surface area contributed by atoms with Gasteiger partial charge in [0.1, 0.15) is 17.9 Å². The van der Waals surface area contributed by atoms with Crippen molar-refractivity contribution in [2.24, 2.45) is 5.92 Å². The van der Waals surface area contributed by atoms with Gasteiger partial charge in [-0.25, -0.2) is 14.5 Å². The highest BCUT2D eigenvalue weighted by molar-refractivity contribution is 7.15. The van der Waals surface area contributed by atoms with Crippen LogP contribution < -0.4 is 4.74 Å². The predicted molar refractivity (Wildman–Crippen MR) is 172 cm³/mol. The highest BCUT2D eigenvalue weighted by Crippen LogP contribution is 2.41. The van der Waals surface area contributed by atoms with E-state index in [1.165, 1.54) is 23.0 Å². The van der Waals surface area contributed by atoms with Crippen LogP contribution in [0, 0.1) is 19.8 Å². The van der Waals surface area contributed by atoms with Crippen molar-refractivity contribution in [1.82, 2.24) is 19.7 Å². The Hall–Kier alpha value is -4.19. The molecule has 0 bridgehead atoms. The minimum atomic E-state index is -4.95. The summed E-state index contributed by atoms with van der Waals surface area (Å²) in [5, 5.41) is 13.1. The van der Waals surface area contributed by atoms with E-state index in [0.717, 1.165) is 71.0 Å². The van der Waals surface area contributed by atoms with Gasteiger partial charge in [0.15, 0.2) is 11.5 Å². The molecule has 1 amide bonds. The molecule has 2 fully saturated rings. The maximum Gasteiger partial charge on any atom is 0.434 e. The van der Waals surface area contributed by atoms with Gasteiger partial charge < -0.3 is 14.7 Å². The quantitative estimate of drug-likeness (QED) is 0.194. The number of rotatable bonds is 9. The lowest BCUT2D eigenvalue weighted by atomic mass is 9.88. The van der Waals surface area contributed by atoms with E-state index in [-0.39, 0.29) is 24.3 Å². The molecule has 0 radical (unpaired) electrons. The van der Waals surface area contributed by atoms with Crippen LogP contribution in [0.25, 0.3) is 16.4 Å². The van der Waals surface area contributed by atoms with E-state index in [1.807, 2.05) is 24.8 Å². The number of carboxylic acid groups (broad SMARTS) is 1. The van der Waals surface area contributed by atoms with Crippen LogP contribution in [0.5, 0.6) is 5.75 Å². The monoisotopic (exact) mass is 666 g/mol. The Morgan fingerprint density at radius 3 is 2.43 bits per heavy atom. The maximum absolute atomic E-state index is 13.9. The van der Waals surface area contributed by atoms with Crippen LogP contribution in [-0.2, 0) is 17.6 Å². The number of pyridine rings is 1. The molecule has 1 aromatic carbocycles. The first kappa shape index (κ1) is 32.7. The van der Waals surface area contributed by atoms with Gasteiger partial charge in [0.05, 0.1) is 16.8 Å². The first-order chi connectivity index (χ1) is 22.3. The van der Waals surface area contributed by atoms with E-state index in [0.29, 0.717) is 28.4 Å². The molecule has 12 heteroatoms. The third-order valence-electron chi connectivity index (χ3n) is 9.04. The van der Waals surface area contributed by atoms with E-state index >= 15 is 0 Å². The summed E-state index contributed by atoms with van der Waals surface area (Å²) < 4.78 is 48.8. The summed E-state index contributed by atoms with van der Waals surface area (Å²) in [7, 11) is 0. The van der Waals surface area contributed by atoms with Crippen molar-refractivity contribution in [3.05, 3.63) is 81.0 Å². The molecule has 0 atom stereocenters. The molecule has 0 unspecified atom stereocenters. The highest BCUT2D eigenvalue weighted by Gasteiger charge is 2.41. The molecule has 47 heavy (non-hydrogen) atoms. The molecule has 4 aromatic rings. The Kier molecular flexibility index (Phi) is 8.90. The maximum atomic E-state index is 13.9. The van der Waals surface area contributed by atoms with Crippen molar-refractivity contribution in [3.8, 4) is 22.1 Å². The van der Waals surface area contributed by atoms with Gasteiger partial charge in [-0.1, -0.05) is 32.0 Å². The second-order valence-corrected chi connectivity index (χ2v) is 13.9. The number of piperidine rings is 1. The molecule has 6 rings (SSSR count). The van der Waals surface area contributed by atoms with Crippen molar-refractivity contribution in [2.45, 2.75) is 78.0 Å². The number of halogens is 3. The molecular weight excluding hydrogens is 629 g/mol. The van der Waals surface area contributed by atoms with Crippen molar-refractivity contribution in [1.29, 1.82) is 0 Å². The molecule has 1 N–H and O–H groups in total. The fourth-order valence-corrected chi connectivity index (χ4v) is 7.87. The molecule has 1 saturated carbocycles. The number of carbonyl (C=O) groups is 2. The predicted octanol–water partition coefficient (Wildman–Crippen LogP) is 8.15. The average Bonchev–Trinajstić information content (AvgIpc) is 3.67. The Balaban J connectivity index is 1.25. The van der Waals surface area contributed by atoms with Crippen LogP contribution in [0.15, 0.2) is 42.6 Å². The lowest BCUT2D eigenvalue weighted by Crippen LogP contribution is -2.38. The number of thiophene rings is 1. The molecule has 1 aliphatic carbocycles. The summed E-state index contributed by atoms with van der Waals surface area (Å²) >= 11 is 1.50. The van der Waals surface area contributed by atoms with Crippen LogP contribution >= 0.6 is 11.3 Å². The van der Waals surface area contributed by atoms with Gasteiger partial charge in [0.2, 0.25) is 5.91 Å². The molecular formula is C35H37F3N4O4S. The smallest absolute Gasteiger partial charge is 0.434 e. The van der Waals surface area contributed by atoms with Crippen molar-refractivity contribution in [2.75, 3.05) is 13.1 Å². The molecule has 0 spiro atoms. The van der Waals surface area contributed by atoms with Crippen LogP contribution in [0.3, 0.4) is 0 Å². The number of aromatic nitrogens is 3. The lowest BCUT2D eigenvalue weighted by Gasteiger charge is -2.32. The number of aryl methyl sites for hydroxylation is 2. The minimum absolute atomic E-state index is 0.138. The van der Waals surface area contributed by atoms with Crippen LogP contribution in [0.1, 0.15) is 94.5 Å². The Morgan fingerprint density at radius 2 is 1.81 bits per heavy atom. The standard InChI is InChI=1S/C35H37F3N4O4S/c1-19(2)30-21(4)47-31(27-6-5-7-29(40-27)42-32(35(36,37)38)25(17-39-42)34(44)45)26(30)18-46-28-11-10-24(16-20(28)3)22-12-14-41(15-13-22)33(43)23-8-9-23/h5-7,10-11,16-17,19,22-23H,8-9,12-15,18H2,1-4H3,(H,44,45). The summed E-state index contributed by atoms with van der Waals surface area (Å²) in [5.41, 5.74) is 2.37. The van der Waals surface area contributed by atoms with Crippen molar-refractivity contribution in [3.63, 3.8) is 0 Å². The van der Waals surface area contributed by atoms with Gasteiger partial charge in [-0.15, -0.1) is 11.3 Å². The van der Waals surface area contributed by atoms with Gasteiger partial charge in [-0.2, -0.15) is 18.3 Å². The number of carboxylic acids is 1. The van der Waals surface area contributed by atoms with E-state index < -0.39 is 23.4 Å². The molecule has 3 aromatic heterocycles. The molecule has 1 saturated heterocycles. The molecule has 2 aliphatic rings. The summed E-state index contributed by atoms with van der Waals surface area (Å²) in [6.45, 7) is 10.0. The zero-order chi connectivity index (χ0) is 33.6. The first-order valence-electron chi connectivity index (χ1n) is 15.8. The Bertz CT molecular complexity index is 1820.